The summed E-state index contributed by atoms with van der Waals surface area (Å²) < 4.78 is 5.28. The summed E-state index contributed by atoms with van der Waals surface area (Å²) in [5.41, 5.74) is 3.24. The van der Waals surface area contributed by atoms with E-state index in [1.165, 1.54) is 3.57 Å². The fourth-order valence-corrected chi connectivity index (χ4v) is 2.85. The van der Waals surface area contributed by atoms with Crippen LogP contribution in [0.4, 0.5) is 5.69 Å². The van der Waals surface area contributed by atoms with E-state index in [1.54, 1.807) is 0 Å². The second kappa shape index (κ2) is 5.92. The molecule has 2 aromatic rings. The first-order valence-electron chi connectivity index (χ1n) is 5.36. The second-order valence-corrected chi connectivity index (χ2v) is 6.76. The van der Waals surface area contributed by atoms with Crippen molar-refractivity contribution in [1.82, 2.24) is 9.78 Å². The largest absolute Gasteiger partial charge is 0.379 e. The fourth-order valence-electron chi connectivity index (χ4n) is 1.66. The molecular weight excluding hydrogens is 473 g/mol. The van der Waals surface area contributed by atoms with Gasteiger partial charge in [0, 0.05) is 20.8 Å². The van der Waals surface area contributed by atoms with E-state index < -0.39 is 0 Å². The van der Waals surface area contributed by atoms with Gasteiger partial charge in [0.05, 0.1) is 22.4 Å². The van der Waals surface area contributed by atoms with Gasteiger partial charge in [0.25, 0.3) is 0 Å². The monoisotopic (exact) mass is 483 g/mol. The number of benzene rings is 1. The van der Waals surface area contributed by atoms with Crippen molar-refractivity contribution < 1.29 is 0 Å². The molecule has 1 N–H and O–H groups in total. The summed E-state index contributed by atoms with van der Waals surface area (Å²) in [5.74, 6) is 0. The molecule has 0 fully saturated rings. The van der Waals surface area contributed by atoms with Gasteiger partial charge in [0.15, 0.2) is 0 Å². The summed E-state index contributed by atoms with van der Waals surface area (Å²) in [4.78, 5) is 0. The molecule has 0 aliphatic carbocycles. The molecule has 0 unspecified atom stereocenters. The third kappa shape index (κ3) is 3.08. The average Bonchev–Trinajstić information content (AvgIpc) is 2.56. The van der Waals surface area contributed by atoms with E-state index in [2.05, 4.69) is 83.1 Å². The summed E-state index contributed by atoms with van der Waals surface area (Å²) in [5, 5.41) is 7.77. The van der Waals surface area contributed by atoms with Gasteiger partial charge in [0.2, 0.25) is 0 Å². The third-order valence-electron chi connectivity index (χ3n) is 2.64. The zero-order valence-corrected chi connectivity index (χ0v) is 15.3. The van der Waals surface area contributed by atoms with Crippen molar-refractivity contribution >= 4 is 60.1 Å². The number of anilines is 1. The highest BCUT2D eigenvalue weighted by molar-refractivity contribution is 14.1. The van der Waals surface area contributed by atoms with E-state index in [-0.39, 0.29) is 0 Å². The maximum atomic E-state index is 4.37. The molecule has 0 saturated carbocycles. The molecule has 0 atom stereocenters. The zero-order valence-electron chi connectivity index (χ0n) is 9.97. The summed E-state index contributed by atoms with van der Waals surface area (Å²) in [6, 6.07) is 6.24. The third-order valence-corrected chi connectivity index (χ3v) is 6.01. The van der Waals surface area contributed by atoms with E-state index in [1.807, 2.05) is 18.7 Å². The van der Waals surface area contributed by atoms with Crippen LogP contribution in [0.1, 0.15) is 11.4 Å². The Morgan fingerprint density at radius 3 is 2.67 bits per heavy atom. The number of halogens is 3. The maximum absolute atomic E-state index is 4.37. The van der Waals surface area contributed by atoms with Gasteiger partial charge in [-0.3, -0.25) is 4.68 Å². The van der Waals surface area contributed by atoms with E-state index in [9.17, 15) is 0 Å². The van der Waals surface area contributed by atoms with Crippen molar-refractivity contribution in [3.05, 3.63) is 42.1 Å². The molecular formula is C12H12Br2IN3. The molecule has 1 aromatic heterocycles. The molecule has 96 valence electrons. The van der Waals surface area contributed by atoms with Gasteiger partial charge in [0.1, 0.15) is 0 Å². The highest BCUT2D eigenvalue weighted by Crippen LogP contribution is 2.25. The van der Waals surface area contributed by atoms with Crippen LogP contribution in [0.15, 0.2) is 27.1 Å². The standard InChI is InChI=1S/C12H12Br2IN3/c1-7-12(14)11(18(2)17-7)6-16-8-3-4-10(15)9(13)5-8/h3-5,16H,6H2,1-2H3. The van der Waals surface area contributed by atoms with Crippen LogP contribution in [0, 0.1) is 10.5 Å². The highest BCUT2D eigenvalue weighted by Gasteiger charge is 2.10. The van der Waals surface area contributed by atoms with E-state index in [0.29, 0.717) is 0 Å². The lowest BCUT2D eigenvalue weighted by molar-refractivity contribution is 0.712. The molecule has 6 heteroatoms. The van der Waals surface area contributed by atoms with Gasteiger partial charge in [-0.2, -0.15) is 5.10 Å². The summed E-state index contributed by atoms with van der Waals surface area (Å²) in [6.45, 7) is 2.74. The Balaban J connectivity index is 2.14. The van der Waals surface area contributed by atoms with E-state index >= 15 is 0 Å². The highest BCUT2D eigenvalue weighted by atomic mass is 127. The molecule has 0 radical (unpaired) electrons. The van der Waals surface area contributed by atoms with Crippen molar-refractivity contribution in [3.8, 4) is 0 Å². The molecule has 2 rings (SSSR count). The normalized spacial score (nSPS) is 10.7. The number of hydrogen-bond donors (Lipinski definition) is 1. The van der Waals surface area contributed by atoms with Crippen LogP contribution in [-0.4, -0.2) is 9.78 Å². The lowest BCUT2D eigenvalue weighted by Gasteiger charge is -2.08. The molecule has 3 nitrogen and oxygen atoms in total. The van der Waals surface area contributed by atoms with Crippen molar-refractivity contribution in [2.24, 2.45) is 7.05 Å². The van der Waals surface area contributed by atoms with Crippen LogP contribution in [0.25, 0.3) is 0 Å². The van der Waals surface area contributed by atoms with Crippen LogP contribution in [-0.2, 0) is 13.6 Å². The van der Waals surface area contributed by atoms with Gasteiger partial charge in [-0.1, -0.05) is 0 Å². The summed E-state index contributed by atoms with van der Waals surface area (Å²) in [6.07, 6.45) is 0. The molecule has 0 aliphatic heterocycles. The van der Waals surface area contributed by atoms with Gasteiger partial charge in [-0.15, -0.1) is 0 Å². The number of nitrogens with one attached hydrogen (secondary N) is 1. The second-order valence-electron chi connectivity index (χ2n) is 3.95. The first-order valence-corrected chi connectivity index (χ1v) is 8.02. The van der Waals surface area contributed by atoms with Crippen molar-refractivity contribution in [2.75, 3.05) is 5.32 Å². The Morgan fingerprint density at radius 1 is 1.39 bits per heavy atom. The zero-order chi connectivity index (χ0) is 13.3. The Morgan fingerprint density at radius 2 is 2.11 bits per heavy atom. The minimum absolute atomic E-state index is 0.741. The van der Waals surface area contributed by atoms with Crippen LogP contribution in [0.2, 0.25) is 0 Å². The van der Waals surface area contributed by atoms with E-state index in [4.69, 9.17) is 0 Å². The number of hydrogen-bond acceptors (Lipinski definition) is 2. The van der Waals surface area contributed by atoms with Crippen molar-refractivity contribution in [1.29, 1.82) is 0 Å². The molecule has 1 aromatic carbocycles. The van der Waals surface area contributed by atoms with Gasteiger partial charge in [-0.25, -0.2) is 0 Å². The minimum Gasteiger partial charge on any atom is -0.379 e. The SMILES string of the molecule is Cc1nn(C)c(CNc2ccc(I)c(Br)c2)c1Br. The number of rotatable bonds is 3. The van der Waals surface area contributed by atoms with Crippen molar-refractivity contribution in [2.45, 2.75) is 13.5 Å². The molecule has 0 bridgehead atoms. The quantitative estimate of drug-likeness (QED) is 0.651. The lowest BCUT2D eigenvalue weighted by atomic mass is 10.3. The van der Waals surface area contributed by atoms with Crippen molar-refractivity contribution in [3.63, 3.8) is 0 Å². The van der Waals surface area contributed by atoms with Gasteiger partial charge in [-0.05, 0) is 79.6 Å². The molecule has 0 amide bonds. The summed E-state index contributed by atoms with van der Waals surface area (Å²) in [7, 11) is 1.96. The molecule has 0 aliphatic rings. The number of nitrogens with zero attached hydrogens (tertiary/aromatic N) is 2. The minimum atomic E-state index is 0.741. The van der Waals surface area contributed by atoms with Crippen LogP contribution in [0.5, 0.6) is 0 Å². The Kier molecular flexibility index (Phi) is 4.71. The molecule has 0 spiro atoms. The predicted molar refractivity (Wildman–Crippen MR) is 89.8 cm³/mol. The Labute approximate surface area is 137 Å². The van der Waals surface area contributed by atoms with Crippen LogP contribution >= 0.6 is 54.5 Å². The van der Waals surface area contributed by atoms with Crippen LogP contribution < -0.4 is 5.32 Å². The first kappa shape index (κ1) is 14.3. The van der Waals surface area contributed by atoms with E-state index in [0.717, 1.165) is 32.6 Å². The molecule has 1 heterocycles. The fraction of sp³-hybridized carbons (Fsp3) is 0.250. The predicted octanol–water partition coefficient (Wildman–Crippen LogP) is 4.47. The Bertz CT molecular complexity index is 581. The molecule has 0 saturated heterocycles. The van der Waals surface area contributed by atoms with Gasteiger partial charge >= 0.3 is 0 Å². The topological polar surface area (TPSA) is 29.9 Å². The van der Waals surface area contributed by atoms with Crippen LogP contribution in [0.3, 0.4) is 0 Å². The smallest absolute Gasteiger partial charge is 0.0739 e. The number of aromatic nitrogens is 2. The Hall–Kier alpha value is -0.0800. The average molecular weight is 485 g/mol. The maximum Gasteiger partial charge on any atom is 0.0739 e. The van der Waals surface area contributed by atoms with Gasteiger partial charge < -0.3 is 5.32 Å². The molecule has 18 heavy (non-hydrogen) atoms. The number of aryl methyl sites for hydroxylation is 2. The lowest BCUT2D eigenvalue weighted by Crippen LogP contribution is -2.06. The first-order chi connectivity index (χ1) is 8.49. The summed E-state index contributed by atoms with van der Waals surface area (Å²) >= 11 is 9.40.